The van der Waals surface area contributed by atoms with E-state index < -0.39 is 16.9 Å². The van der Waals surface area contributed by atoms with E-state index in [9.17, 15) is 10.0 Å². The Morgan fingerprint density at radius 3 is 2.37 bits per heavy atom. The van der Waals surface area contributed by atoms with E-state index in [-0.39, 0.29) is 5.71 Å². The number of carbonyl (C=O) groups is 1. The van der Waals surface area contributed by atoms with Gasteiger partial charge in [0.05, 0.1) is 12.5 Å². The largest absolute Gasteiger partial charge is 0.623 e. The highest BCUT2D eigenvalue weighted by molar-refractivity contribution is 6.36. The van der Waals surface area contributed by atoms with Gasteiger partial charge in [0, 0.05) is 18.9 Å². The van der Waals surface area contributed by atoms with Crippen LogP contribution in [0.2, 0.25) is 0 Å². The molecule has 0 bridgehead atoms. The summed E-state index contributed by atoms with van der Waals surface area (Å²) in [7, 11) is 1.30. The second kappa shape index (κ2) is 4.37. The molecular formula is C15H19NO3. The van der Waals surface area contributed by atoms with Crippen molar-refractivity contribution >= 4 is 11.7 Å². The normalized spacial score (nSPS) is 25.5. The number of ether oxygens (including phenoxy) is 1. The molecule has 0 saturated carbocycles. The first-order valence-electron chi connectivity index (χ1n) is 6.31. The fourth-order valence-corrected chi connectivity index (χ4v) is 3.01. The second-order valence-electron chi connectivity index (χ2n) is 5.84. The van der Waals surface area contributed by atoms with Gasteiger partial charge in [0.25, 0.3) is 5.71 Å². The van der Waals surface area contributed by atoms with E-state index >= 15 is 0 Å². The van der Waals surface area contributed by atoms with Gasteiger partial charge in [0.15, 0.2) is 5.54 Å². The summed E-state index contributed by atoms with van der Waals surface area (Å²) in [4.78, 5) is 11.9. The zero-order valence-corrected chi connectivity index (χ0v) is 11.8. The van der Waals surface area contributed by atoms with Crippen molar-refractivity contribution in [2.24, 2.45) is 5.41 Å². The molecule has 1 unspecified atom stereocenters. The Balaban J connectivity index is 2.57. The molecule has 0 fully saturated rings. The summed E-state index contributed by atoms with van der Waals surface area (Å²) in [5.41, 5.74) is -0.119. The highest BCUT2D eigenvalue weighted by Crippen LogP contribution is 2.44. The monoisotopic (exact) mass is 261 g/mol. The van der Waals surface area contributed by atoms with Gasteiger partial charge in [-0.2, -0.15) is 4.74 Å². The summed E-state index contributed by atoms with van der Waals surface area (Å²) in [6.07, 6.45) is 0.581. The quantitative estimate of drug-likeness (QED) is 0.467. The maximum atomic E-state index is 12.6. The third-order valence-corrected chi connectivity index (χ3v) is 3.85. The molecule has 0 amide bonds. The van der Waals surface area contributed by atoms with Crippen LogP contribution in [-0.4, -0.2) is 23.5 Å². The van der Waals surface area contributed by atoms with Crippen LogP contribution in [0.1, 0.15) is 32.8 Å². The molecule has 0 spiro atoms. The van der Waals surface area contributed by atoms with Gasteiger partial charge in [-0.1, -0.05) is 30.3 Å². The summed E-state index contributed by atoms with van der Waals surface area (Å²) in [5.74, 6) is -0.542. The highest BCUT2D eigenvalue weighted by Gasteiger charge is 2.56. The Morgan fingerprint density at radius 1 is 1.26 bits per heavy atom. The molecule has 0 aromatic heterocycles. The predicted octanol–water partition coefficient (Wildman–Crippen LogP) is 2.46. The standard InChI is InChI=1S/C15H19NO3/c1-14(2)10-15(3,11-8-6-5-7-9-11)16(18)12(14)13(17)19-4/h5-9H,10H2,1-4H3. The van der Waals surface area contributed by atoms with Crippen LogP contribution in [0.15, 0.2) is 30.3 Å². The van der Waals surface area contributed by atoms with E-state index in [4.69, 9.17) is 4.74 Å². The van der Waals surface area contributed by atoms with E-state index in [1.807, 2.05) is 51.1 Å². The van der Waals surface area contributed by atoms with Crippen molar-refractivity contribution < 1.29 is 14.3 Å². The first-order chi connectivity index (χ1) is 8.83. The molecule has 0 N–H and O–H groups in total. The predicted molar refractivity (Wildman–Crippen MR) is 72.8 cm³/mol. The van der Waals surface area contributed by atoms with E-state index in [0.717, 1.165) is 10.3 Å². The van der Waals surface area contributed by atoms with Crippen LogP contribution in [0.4, 0.5) is 0 Å². The smallest absolute Gasteiger partial charge is 0.400 e. The minimum Gasteiger partial charge on any atom is -0.623 e. The van der Waals surface area contributed by atoms with Crippen molar-refractivity contribution in [3.8, 4) is 0 Å². The number of rotatable bonds is 2. The lowest BCUT2D eigenvalue weighted by atomic mass is 9.77. The van der Waals surface area contributed by atoms with Crippen molar-refractivity contribution in [1.29, 1.82) is 0 Å². The highest BCUT2D eigenvalue weighted by atomic mass is 16.5. The summed E-state index contributed by atoms with van der Waals surface area (Å²) in [5, 5.41) is 12.6. The number of methoxy groups -OCH3 is 1. The Kier molecular flexibility index (Phi) is 3.12. The van der Waals surface area contributed by atoms with Gasteiger partial charge in [-0.15, -0.1) is 0 Å². The molecule has 0 radical (unpaired) electrons. The van der Waals surface area contributed by atoms with Gasteiger partial charge >= 0.3 is 5.97 Å². The number of hydrogen-bond acceptors (Lipinski definition) is 3. The van der Waals surface area contributed by atoms with Crippen LogP contribution >= 0.6 is 0 Å². The van der Waals surface area contributed by atoms with E-state index in [1.54, 1.807) is 0 Å². The van der Waals surface area contributed by atoms with Crippen LogP contribution in [0.3, 0.4) is 0 Å². The van der Waals surface area contributed by atoms with E-state index in [2.05, 4.69) is 0 Å². The fraction of sp³-hybridized carbons (Fsp3) is 0.467. The molecule has 1 heterocycles. The minimum absolute atomic E-state index is 0.196. The average molecular weight is 261 g/mol. The Bertz CT molecular complexity index is 534. The number of hydroxylamine groups is 1. The average Bonchev–Trinajstić information content (AvgIpc) is 2.57. The molecule has 1 aliphatic rings. The van der Waals surface area contributed by atoms with Crippen molar-refractivity contribution in [1.82, 2.24) is 0 Å². The Hall–Kier alpha value is -1.84. The molecule has 4 nitrogen and oxygen atoms in total. The molecule has 1 aromatic carbocycles. The molecule has 19 heavy (non-hydrogen) atoms. The molecule has 0 aliphatic carbocycles. The Labute approximate surface area is 113 Å². The number of benzene rings is 1. The third-order valence-electron chi connectivity index (χ3n) is 3.85. The third kappa shape index (κ3) is 2.01. The zero-order valence-electron chi connectivity index (χ0n) is 11.8. The topological polar surface area (TPSA) is 52.4 Å². The lowest BCUT2D eigenvalue weighted by Crippen LogP contribution is -2.34. The maximum absolute atomic E-state index is 12.6. The van der Waals surface area contributed by atoms with Crippen molar-refractivity contribution in [2.75, 3.05) is 7.11 Å². The van der Waals surface area contributed by atoms with Gasteiger partial charge in [0.1, 0.15) is 0 Å². The molecule has 1 atom stereocenters. The van der Waals surface area contributed by atoms with Crippen LogP contribution in [-0.2, 0) is 15.1 Å². The first kappa shape index (κ1) is 13.6. The van der Waals surface area contributed by atoms with Crippen LogP contribution in [0, 0.1) is 10.6 Å². The van der Waals surface area contributed by atoms with Gasteiger partial charge in [-0.05, 0) is 13.8 Å². The Morgan fingerprint density at radius 2 is 1.84 bits per heavy atom. The van der Waals surface area contributed by atoms with Crippen molar-refractivity contribution in [2.45, 2.75) is 32.7 Å². The van der Waals surface area contributed by atoms with Crippen molar-refractivity contribution in [3.63, 3.8) is 0 Å². The SMILES string of the molecule is COC(=O)C1=[N+]([O-])C(C)(c2ccccc2)CC1(C)C. The van der Waals surface area contributed by atoms with E-state index in [1.165, 1.54) is 7.11 Å². The van der Waals surface area contributed by atoms with Gasteiger partial charge in [0.2, 0.25) is 0 Å². The molecule has 102 valence electrons. The van der Waals surface area contributed by atoms with E-state index in [0.29, 0.717) is 6.42 Å². The lowest BCUT2D eigenvalue weighted by Gasteiger charge is -2.24. The van der Waals surface area contributed by atoms with Gasteiger partial charge in [-0.3, -0.25) is 0 Å². The van der Waals surface area contributed by atoms with Gasteiger partial charge < -0.3 is 9.94 Å². The number of esters is 1. The fourth-order valence-electron chi connectivity index (χ4n) is 3.01. The van der Waals surface area contributed by atoms with Crippen LogP contribution in [0.5, 0.6) is 0 Å². The minimum atomic E-state index is -0.728. The number of hydrogen-bond donors (Lipinski definition) is 0. The summed E-state index contributed by atoms with van der Waals surface area (Å²) in [6, 6.07) is 9.55. The maximum Gasteiger partial charge on any atom is 0.400 e. The zero-order chi connectivity index (χ0) is 14.3. The molecular weight excluding hydrogens is 242 g/mol. The molecule has 4 heteroatoms. The lowest BCUT2D eigenvalue weighted by molar-refractivity contribution is -0.545. The molecule has 1 aromatic rings. The van der Waals surface area contributed by atoms with Crippen molar-refractivity contribution in [3.05, 3.63) is 41.1 Å². The summed E-state index contributed by atoms with van der Waals surface area (Å²) < 4.78 is 5.58. The molecule has 2 rings (SSSR count). The van der Waals surface area contributed by atoms with Crippen LogP contribution < -0.4 is 0 Å². The summed E-state index contributed by atoms with van der Waals surface area (Å²) >= 11 is 0. The van der Waals surface area contributed by atoms with Crippen LogP contribution in [0.25, 0.3) is 0 Å². The molecule has 0 saturated heterocycles. The second-order valence-corrected chi connectivity index (χ2v) is 5.84. The number of carbonyl (C=O) groups excluding carboxylic acids is 1. The summed E-state index contributed by atoms with van der Waals surface area (Å²) in [6.45, 7) is 5.67. The first-order valence-corrected chi connectivity index (χ1v) is 6.31. The number of nitrogens with zero attached hydrogens (tertiary/aromatic N) is 1. The molecule has 1 aliphatic heterocycles. The van der Waals surface area contributed by atoms with Gasteiger partial charge in [-0.25, -0.2) is 4.79 Å².